The summed E-state index contributed by atoms with van der Waals surface area (Å²) in [6, 6.07) is 19.5. The topological polar surface area (TPSA) is 105 Å². The fraction of sp³-hybridized carbons (Fsp3) is 0.500. The Morgan fingerprint density at radius 3 is 1.87 bits per heavy atom. The normalized spacial score (nSPS) is 21.0. The minimum Gasteiger partial charge on any atom is -0.480 e. The number of carboxylic acid groups (broad SMARTS) is 1. The number of carbonyl (C=O) groups is 3. The van der Waals surface area contributed by atoms with E-state index in [0.717, 1.165) is 56.1 Å². The van der Waals surface area contributed by atoms with Crippen LogP contribution in [0.5, 0.6) is 0 Å². The minimum atomic E-state index is -1.07. The van der Waals surface area contributed by atoms with Gasteiger partial charge in [-0.2, -0.15) is 0 Å². The van der Waals surface area contributed by atoms with Crippen LogP contribution in [-0.4, -0.2) is 39.9 Å². The van der Waals surface area contributed by atoms with E-state index in [4.69, 9.17) is 4.74 Å². The Hall–Kier alpha value is -3.48. The predicted molar refractivity (Wildman–Crippen MR) is 151 cm³/mol. The second-order valence-corrected chi connectivity index (χ2v) is 11.1. The number of rotatable bonds is 6. The summed E-state index contributed by atoms with van der Waals surface area (Å²) in [5.41, 5.74) is 0.415. The number of esters is 1. The molecule has 0 saturated heterocycles. The average molecular weight is 533 g/mol. The third-order valence-corrected chi connectivity index (χ3v) is 8.42. The van der Waals surface area contributed by atoms with Crippen LogP contribution in [0.15, 0.2) is 65.7 Å². The molecule has 2 fully saturated rings. The summed E-state index contributed by atoms with van der Waals surface area (Å²) in [6.07, 6.45) is 8.84. The molecule has 1 spiro atoms. The maximum atomic E-state index is 12.3. The van der Waals surface area contributed by atoms with Crippen LogP contribution in [0, 0.1) is 0 Å². The van der Waals surface area contributed by atoms with Gasteiger partial charge in [-0.15, -0.1) is 0 Å². The van der Waals surface area contributed by atoms with Crippen molar-refractivity contribution >= 4 is 23.7 Å². The van der Waals surface area contributed by atoms with Gasteiger partial charge in [0.15, 0.2) is 5.54 Å². The lowest BCUT2D eigenvalue weighted by molar-refractivity contribution is -0.149. The molecule has 2 aromatic rings. The van der Waals surface area contributed by atoms with Crippen molar-refractivity contribution in [3.63, 3.8) is 0 Å². The number of cyclic esters (lactones) is 1. The summed E-state index contributed by atoms with van der Waals surface area (Å²) < 4.78 is 5.48. The van der Waals surface area contributed by atoms with Crippen molar-refractivity contribution in [3.05, 3.63) is 71.8 Å². The van der Waals surface area contributed by atoms with E-state index in [1.165, 1.54) is 6.42 Å². The van der Waals surface area contributed by atoms with Gasteiger partial charge in [-0.05, 0) is 50.7 Å². The van der Waals surface area contributed by atoms with Gasteiger partial charge in [-0.25, -0.2) is 14.6 Å². The lowest BCUT2D eigenvalue weighted by Crippen LogP contribution is -2.56. The van der Waals surface area contributed by atoms with Crippen LogP contribution in [-0.2, 0) is 19.1 Å². The first-order valence-electron chi connectivity index (χ1n) is 14.2. The predicted octanol–water partition coefficient (Wildman–Crippen LogP) is 6.14. The highest BCUT2D eigenvalue weighted by Gasteiger charge is 2.47. The van der Waals surface area contributed by atoms with E-state index >= 15 is 0 Å². The first-order valence-corrected chi connectivity index (χ1v) is 14.2. The summed E-state index contributed by atoms with van der Waals surface area (Å²) in [6.45, 7) is 3.85. The molecule has 1 aliphatic heterocycles. The van der Waals surface area contributed by atoms with E-state index in [1.54, 1.807) is 0 Å². The van der Waals surface area contributed by atoms with E-state index in [-0.39, 0.29) is 23.7 Å². The Kier molecular flexibility index (Phi) is 9.20. The molecule has 2 saturated carbocycles. The molecule has 0 aromatic heterocycles. The molecule has 208 valence electrons. The summed E-state index contributed by atoms with van der Waals surface area (Å²) in [7, 11) is 0. The number of hydrogen-bond donors (Lipinski definition) is 2. The highest BCUT2D eigenvalue weighted by molar-refractivity contribution is 6.02. The highest BCUT2D eigenvalue weighted by atomic mass is 16.6. The van der Waals surface area contributed by atoms with Gasteiger partial charge in [0.2, 0.25) is 11.8 Å². The Balaban J connectivity index is 0.000000181. The smallest absolute Gasteiger partial charge is 0.340 e. The quantitative estimate of drug-likeness (QED) is 0.435. The zero-order chi connectivity index (χ0) is 27.9. The molecule has 3 aliphatic rings. The van der Waals surface area contributed by atoms with Crippen LogP contribution < -0.4 is 5.32 Å². The van der Waals surface area contributed by atoms with Crippen molar-refractivity contribution in [2.75, 3.05) is 0 Å². The van der Waals surface area contributed by atoms with E-state index in [2.05, 4.69) is 10.3 Å². The number of aliphatic carboxylic acids is 1. The molecule has 5 rings (SSSR count). The molecule has 2 aromatic carbocycles. The van der Waals surface area contributed by atoms with Crippen molar-refractivity contribution in [2.45, 2.75) is 101 Å². The Morgan fingerprint density at radius 1 is 0.821 bits per heavy atom. The fourth-order valence-electron chi connectivity index (χ4n) is 5.78. The number of nitrogens with one attached hydrogen (secondary N) is 1. The van der Waals surface area contributed by atoms with Gasteiger partial charge in [0.05, 0.1) is 11.8 Å². The van der Waals surface area contributed by atoms with Gasteiger partial charge < -0.3 is 15.2 Å². The molecule has 2 atom stereocenters. The molecule has 0 bridgehead atoms. The number of hydrogen-bond acceptors (Lipinski definition) is 5. The van der Waals surface area contributed by atoms with Crippen LogP contribution >= 0.6 is 0 Å². The number of nitrogens with zero attached hydrogens (tertiary/aromatic N) is 1. The van der Waals surface area contributed by atoms with Crippen molar-refractivity contribution < 1.29 is 24.2 Å². The Labute approximate surface area is 231 Å². The number of ether oxygens (including phenoxy) is 1. The number of aliphatic imine (C=N–C) groups is 1. The highest BCUT2D eigenvalue weighted by Crippen LogP contribution is 2.38. The van der Waals surface area contributed by atoms with Gasteiger partial charge in [-0.1, -0.05) is 99.2 Å². The van der Waals surface area contributed by atoms with Gasteiger partial charge in [0, 0.05) is 0 Å². The standard InChI is InChI=1S/C16H21NO3.C16H19NO2/c1-12(13-8-4-2-5-9-13)14(18)17-16(15(19)20)10-6-3-7-11-16;1-12(13-8-4-2-5-9-13)14-17-16(15(18)19-14)10-6-3-7-11-16/h2,4-5,8-9,12H,3,6-7,10-11H2,1H3,(H,17,18)(H,19,20);2,4-5,8-9,12H,3,6-7,10-11H2,1H3/t2*12-/m11/s1. The van der Waals surface area contributed by atoms with Gasteiger partial charge in [0.25, 0.3) is 0 Å². The number of benzene rings is 2. The van der Waals surface area contributed by atoms with Gasteiger partial charge >= 0.3 is 11.9 Å². The van der Waals surface area contributed by atoms with Crippen molar-refractivity contribution in [1.82, 2.24) is 5.32 Å². The Bertz CT molecular complexity index is 1170. The molecule has 1 amide bonds. The van der Waals surface area contributed by atoms with E-state index in [1.807, 2.05) is 74.5 Å². The maximum Gasteiger partial charge on any atom is 0.340 e. The zero-order valence-corrected chi connectivity index (χ0v) is 23.0. The molecule has 0 unspecified atom stereocenters. The largest absolute Gasteiger partial charge is 0.480 e. The molecular formula is C32H40N2O5. The van der Waals surface area contributed by atoms with Gasteiger partial charge in [-0.3, -0.25) is 4.79 Å². The summed E-state index contributed by atoms with van der Waals surface area (Å²) in [5.74, 6) is -0.949. The molecule has 2 aliphatic carbocycles. The monoisotopic (exact) mass is 532 g/mol. The number of carboxylic acids is 1. The van der Waals surface area contributed by atoms with Crippen LogP contribution in [0.3, 0.4) is 0 Å². The SMILES string of the molecule is C[C@@H](C(=O)NC1(C(=O)O)CCCCC1)c1ccccc1.C[C@@H](C1=NC2(CCCCC2)C(=O)O1)c1ccccc1. The second-order valence-electron chi connectivity index (χ2n) is 11.1. The van der Waals surface area contributed by atoms with Crippen LogP contribution in [0.4, 0.5) is 0 Å². The summed E-state index contributed by atoms with van der Waals surface area (Å²) in [4.78, 5) is 40.7. The van der Waals surface area contributed by atoms with E-state index in [9.17, 15) is 19.5 Å². The van der Waals surface area contributed by atoms with Crippen LogP contribution in [0.2, 0.25) is 0 Å². The fourth-order valence-corrected chi connectivity index (χ4v) is 5.78. The molecule has 7 heteroatoms. The lowest BCUT2D eigenvalue weighted by Gasteiger charge is -2.34. The zero-order valence-electron chi connectivity index (χ0n) is 23.0. The maximum absolute atomic E-state index is 12.3. The molecule has 2 N–H and O–H groups in total. The van der Waals surface area contributed by atoms with Gasteiger partial charge in [0.1, 0.15) is 5.54 Å². The second kappa shape index (κ2) is 12.6. The third-order valence-electron chi connectivity index (χ3n) is 8.42. The third kappa shape index (κ3) is 6.57. The van der Waals surface area contributed by atoms with E-state index in [0.29, 0.717) is 18.7 Å². The minimum absolute atomic E-state index is 0.0476. The lowest BCUT2D eigenvalue weighted by atomic mass is 9.81. The molecule has 1 heterocycles. The molecule has 39 heavy (non-hydrogen) atoms. The summed E-state index contributed by atoms with van der Waals surface area (Å²) >= 11 is 0. The van der Waals surface area contributed by atoms with E-state index < -0.39 is 17.0 Å². The molecule has 7 nitrogen and oxygen atoms in total. The Morgan fingerprint density at radius 2 is 1.33 bits per heavy atom. The molecule has 0 radical (unpaired) electrons. The summed E-state index contributed by atoms with van der Waals surface area (Å²) in [5, 5.41) is 12.3. The van der Waals surface area contributed by atoms with Crippen molar-refractivity contribution in [1.29, 1.82) is 0 Å². The van der Waals surface area contributed by atoms with Crippen LogP contribution in [0.25, 0.3) is 0 Å². The first kappa shape index (κ1) is 28.5. The molecular weight excluding hydrogens is 492 g/mol. The first-order chi connectivity index (χ1) is 18.8. The van der Waals surface area contributed by atoms with Crippen molar-refractivity contribution in [2.24, 2.45) is 4.99 Å². The number of amides is 1. The number of carbonyl (C=O) groups excluding carboxylic acids is 2. The van der Waals surface area contributed by atoms with Crippen molar-refractivity contribution in [3.8, 4) is 0 Å². The average Bonchev–Trinajstić information content (AvgIpc) is 3.28. The van der Waals surface area contributed by atoms with Crippen LogP contribution in [0.1, 0.15) is 101 Å².